The molecule has 0 spiro atoms. The summed E-state index contributed by atoms with van der Waals surface area (Å²) in [5, 5.41) is 0. The van der Waals surface area contributed by atoms with Gasteiger partial charge in [-0.05, 0) is 13.8 Å². The molecule has 0 aliphatic carbocycles. The van der Waals surface area contributed by atoms with Gasteiger partial charge in [-0.15, -0.1) is 0 Å². The van der Waals surface area contributed by atoms with Gasteiger partial charge >= 0.3 is 47.6 Å². The van der Waals surface area contributed by atoms with Crippen molar-refractivity contribution in [1.82, 2.24) is 0 Å². The minimum absolute atomic E-state index is 0.0365. The van der Waals surface area contributed by atoms with E-state index in [0.29, 0.717) is 0 Å². The highest BCUT2D eigenvalue weighted by molar-refractivity contribution is 5.20. The van der Waals surface area contributed by atoms with E-state index in [2.05, 4.69) is 0 Å². The van der Waals surface area contributed by atoms with E-state index in [1.165, 1.54) is 20.9 Å². The minimum atomic E-state index is -8.73. The van der Waals surface area contributed by atoms with E-state index in [9.17, 15) is 79.0 Å². The Kier molecular flexibility index (Phi) is 8.67. The first-order chi connectivity index (χ1) is 15.0. The normalized spacial score (nSPS) is 16.7. The fourth-order valence-electron chi connectivity index (χ4n) is 2.22. The lowest BCUT2D eigenvalue weighted by atomic mass is 9.88. The van der Waals surface area contributed by atoms with Gasteiger partial charge in [0, 0.05) is 6.08 Å². The van der Waals surface area contributed by atoms with Gasteiger partial charge in [0.15, 0.2) is 5.83 Å². The molecular formula is C16H16F18N+. The number of alkyl halides is 17. The van der Waals surface area contributed by atoms with Crippen molar-refractivity contribution in [3.63, 3.8) is 0 Å². The molecule has 0 aliphatic heterocycles. The number of hydrogen-bond donors (Lipinski definition) is 0. The molecule has 0 fully saturated rings. The average molecular weight is 564 g/mol. The van der Waals surface area contributed by atoms with Gasteiger partial charge in [-0.3, -0.25) is 0 Å². The van der Waals surface area contributed by atoms with Crippen LogP contribution in [0.5, 0.6) is 0 Å². The van der Waals surface area contributed by atoms with Crippen LogP contribution < -0.4 is 0 Å². The standard InChI is InChI=1S/C16H16F18N/c1-4-35(3,5-2)7-6-8(17)9(18,19)10(20,21)11(22,23)12(24,25)13(26,27)14(28,29)15(30,31)16(32,33)34/h6H,4-5,7H2,1-3H3/q+1/b8-6-. The second kappa shape index (κ2) is 9.08. The zero-order valence-electron chi connectivity index (χ0n) is 17.4. The number of halogens is 18. The highest BCUT2D eigenvalue weighted by Crippen LogP contribution is 2.64. The highest BCUT2D eigenvalue weighted by atomic mass is 19.4. The van der Waals surface area contributed by atoms with Crippen molar-refractivity contribution in [1.29, 1.82) is 0 Å². The molecule has 0 aliphatic rings. The summed E-state index contributed by atoms with van der Waals surface area (Å²) in [5.74, 6) is -61.6. The lowest BCUT2D eigenvalue weighted by molar-refractivity contribution is -0.900. The molecule has 0 amide bonds. The Labute approximate surface area is 184 Å². The van der Waals surface area contributed by atoms with Gasteiger partial charge in [-0.25, -0.2) is 4.39 Å². The molecule has 1 nitrogen and oxygen atoms in total. The molecule has 0 aromatic carbocycles. The molecule has 0 saturated carbocycles. The zero-order chi connectivity index (χ0) is 28.9. The van der Waals surface area contributed by atoms with E-state index >= 15 is 0 Å². The van der Waals surface area contributed by atoms with E-state index in [1.54, 1.807) is 0 Å². The molecule has 0 saturated heterocycles. The Morgan fingerprint density at radius 3 is 1.11 bits per heavy atom. The lowest BCUT2D eigenvalue weighted by Gasteiger charge is -2.42. The van der Waals surface area contributed by atoms with Crippen molar-refractivity contribution in [3.8, 4) is 0 Å². The third-order valence-corrected chi connectivity index (χ3v) is 5.26. The quantitative estimate of drug-likeness (QED) is 0.182. The third kappa shape index (κ3) is 4.76. The Balaban J connectivity index is 6.75. The van der Waals surface area contributed by atoms with Crippen LogP contribution in [0.25, 0.3) is 0 Å². The van der Waals surface area contributed by atoms with E-state index in [4.69, 9.17) is 0 Å². The first-order valence-electron chi connectivity index (χ1n) is 8.91. The van der Waals surface area contributed by atoms with E-state index in [1.807, 2.05) is 0 Å². The predicted molar refractivity (Wildman–Crippen MR) is 82.0 cm³/mol. The average Bonchev–Trinajstić information content (AvgIpc) is 2.69. The van der Waals surface area contributed by atoms with Crippen LogP contribution in [0.2, 0.25) is 0 Å². The number of rotatable bonds is 11. The lowest BCUT2D eigenvalue weighted by Crippen LogP contribution is -2.74. The molecule has 0 unspecified atom stereocenters. The van der Waals surface area contributed by atoms with Crippen LogP contribution in [0, 0.1) is 0 Å². The van der Waals surface area contributed by atoms with Gasteiger partial charge < -0.3 is 4.48 Å². The van der Waals surface area contributed by atoms with Crippen molar-refractivity contribution in [2.24, 2.45) is 0 Å². The zero-order valence-corrected chi connectivity index (χ0v) is 17.4. The second-order valence-corrected chi connectivity index (χ2v) is 7.51. The molecule has 35 heavy (non-hydrogen) atoms. The summed E-state index contributed by atoms with van der Waals surface area (Å²) in [6.07, 6.45) is -8.35. The van der Waals surface area contributed by atoms with Gasteiger partial charge in [0.25, 0.3) is 0 Å². The van der Waals surface area contributed by atoms with Crippen LogP contribution in [0.15, 0.2) is 11.9 Å². The van der Waals surface area contributed by atoms with Crippen LogP contribution in [-0.4, -0.2) is 78.8 Å². The van der Waals surface area contributed by atoms with Crippen molar-refractivity contribution >= 4 is 0 Å². The summed E-state index contributed by atoms with van der Waals surface area (Å²) in [5.41, 5.74) is 0. The van der Waals surface area contributed by atoms with Crippen LogP contribution >= 0.6 is 0 Å². The highest BCUT2D eigenvalue weighted by Gasteiger charge is 2.95. The Morgan fingerprint density at radius 2 is 0.829 bits per heavy atom. The summed E-state index contributed by atoms with van der Waals surface area (Å²) in [6.45, 7) is 1.61. The molecule has 210 valence electrons. The first kappa shape index (κ1) is 33.4. The fourth-order valence-corrected chi connectivity index (χ4v) is 2.22. The summed E-state index contributed by atoms with van der Waals surface area (Å²) in [6, 6.07) is 0. The first-order valence-corrected chi connectivity index (χ1v) is 8.91. The monoisotopic (exact) mass is 564 g/mol. The van der Waals surface area contributed by atoms with Gasteiger partial charge in [0.1, 0.15) is 6.54 Å². The minimum Gasteiger partial charge on any atom is -0.323 e. The van der Waals surface area contributed by atoms with Crippen LogP contribution in [0.1, 0.15) is 13.8 Å². The Morgan fingerprint density at radius 1 is 0.543 bits per heavy atom. The summed E-state index contributed by atoms with van der Waals surface area (Å²) in [7, 11) is 1.17. The molecular weight excluding hydrogens is 548 g/mol. The molecule has 0 rings (SSSR count). The van der Waals surface area contributed by atoms with Crippen molar-refractivity contribution in [2.75, 3.05) is 26.7 Å². The number of hydrogen-bond acceptors (Lipinski definition) is 0. The molecule has 0 aromatic heterocycles. The predicted octanol–water partition coefficient (Wildman–Crippen LogP) is 7.34. The van der Waals surface area contributed by atoms with Gasteiger partial charge in [-0.1, -0.05) is 0 Å². The Bertz CT molecular complexity index is 774. The van der Waals surface area contributed by atoms with Crippen molar-refractivity contribution in [2.45, 2.75) is 61.5 Å². The van der Waals surface area contributed by atoms with Crippen LogP contribution in [-0.2, 0) is 0 Å². The summed E-state index contributed by atoms with van der Waals surface area (Å²) in [4.78, 5) is 0. The number of nitrogens with zero attached hydrogens (tertiary/aromatic N) is 1. The third-order valence-electron chi connectivity index (χ3n) is 5.26. The maximum absolute atomic E-state index is 13.7. The van der Waals surface area contributed by atoms with Crippen molar-refractivity contribution < 1.29 is 83.5 Å². The van der Waals surface area contributed by atoms with Gasteiger partial charge in [0.2, 0.25) is 0 Å². The van der Waals surface area contributed by atoms with Crippen molar-refractivity contribution in [3.05, 3.63) is 11.9 Å². The molecule has 0 bridgehead atoms. The van der Waals surface area contributed by atoms with Gasteiger partial charge in [0.05, 0.1) is 20.1 Å². The molecule has 0 radical (unpaired) electrons. The summed E-state index contributed by atoms with van der Waals surface area (Å²) >= 11 is 0. The molecule has 19 heteroatoms. The maximum Gasteiger partial charge on any atom is 0.460 e. The summed E-state index contributed by atoms with van der Waals surface area (Å²) < 4.78 is 237. The molecule has 0 aromatic rings. The Hall–Kier alpha value is -1.56. The van der Waals surface area contributed by atoms with E-state index in [-0.39, 0.29) is 13.1 Å². The topological polar surface area (TPSA) is 0 Å². The maximum atomic E-state index is 13.7. The molecule has 0 N–H and O–H groups in total. The smallest absolute Gasteiger partial charge is 0.323 e. The largest absolute Gasteiger partial charge is 0.460 e. The number of quaternary nitrogens is 1. The van der Waals surface area contributed by atoms with E-state index in [0.717, 1.165) is 0 Å². The SMILES string of the molecule is CC[N+](C)(CC)C/C=C(\F)C(F)(F)C(F)(F)C(F)(F)C(F)(F)C(F)(F)C(F)(F)C(F)(F)C(F)(F)F. The van der Waals surface area contributed by atoms with Crippen LogP contribution in [0.4, 0.5) is 79.0 Å². The molecule has 0 atom stereocenters. The van der Waals surface area contributed by atoms with E-state index < -0.39 is 70.6 Å². The second-order valence-electron chi connectivity index (χ2n) is 7.51. The molecule has 0 heterocycles. The fraction of sp³-hybridized carbons (Fsp3) is 0.875. The van der Waals surface area contributed by atoms with Crippen LogP contribution in [0.3, 0.4) is 0 Å². The number of allylic oxidation sites excluding steroid dienone is 1. The van der Waals surface area contributed by atoms with Gasteiger partial charge in [-0.2, -0.15) is 74.6 Å². The number of likely N-dealkylation sites (N-methyl/N-ethyl adjacent to an activating group) is 1.